The second kappa shape index (κ2) is 8.46. The number of hydrogen-bond acceptors (Lipinski definition) is 4. The Morgan fingerprint density at radius 1 is 1.09 bits per heavy atom. The molecule has 0 atom stereocenters. The Kier molecular flexibility index (Phi) is 6.32. The summed E-state index contributed by atoms with van der Waals surface area (Å²) in [5.74, 6) is 1.18. The first-order valence-corrected chi connectivity index (χ1v) is 8.31. The molecule has 1 amide bonds. The van der Waals surface area contributed by atoms with Crippen LogP contribution in [0.15, 0.2) is 28.7 Å². The van der Waals surface area contributed by atoms with E-state index < -0.39 is 0 Å². The molecule has 0 fully saturated rings. The van der Waals surface area contributed by atoms with Crippen LogP contribution in [0.25, 0.3) is 11.5 Å². The number of aryl methyl sites for hydroxylation is 2. The molecule has 1 aromatic heterocycles. The summed E-state index contributed by atoms with van der Waals surface area (Å²) in [6.07, 6.45) is 2.85. The highest BCUT2D eigenvalue weighted by atomic mass is 16.4. The van der Waals surface area contributed by atoms with Gasteiger partial charge >= 0.3 is 0 Å². The summed E-state index contributed by atoms with van der Waals surface area (Å²) < 4.78 is 5.67. The highest BCUT2D eigenvalue weighted by molar-refractivity contribution is 5.76. The van der Waals surface area contributed by atoms with Crippen molar-refractivity contribution in [3.8, 4) is 11.5 Å². The van der Waals surface area contributed by atoms with E-state index in [4.69, 9.17) is 4.42 Å². The van der Waals surface area contributed by atoms with E-state index in [1.54, 1.807) is 0 Å². The molecule has 0 radical (unpaired) electrons. The van der Waals surface area contributed by atoms with Gasteiger partial charge in [0.1, 0.15) is 0 Å². The van der Waals surface area contributed by atoms with E-state index in [-0.39, 0.29) is 5.91 Å². The van der Waals surface area contributed by atoms with Gasteiger partial charge < -0.3 is 9.32 Å². The molecule has 0 aliphatic carbocycles. The normalized spacial score (nSPS) is 10.7. The number of nitrogens with zero attached hydrogens (tertiary/aromatic N) is 3. The molecule has 0 spiro atoms. The van der Waals surface area contributed by atoms with Gasteiger partial charge in [-0.15, -0.1) is 10.2 Å². The van der Waals surface area contributed by atoms with Gasteiger partial charge in [0.15, 0.2) is 0 Å². The summed E-state index contributed by atoms with van der Waals surface area (Å²) in [5, 5.41) is 8.12. The zero-order valence-electron chi connectivity index (χ0n) is 14.2. The van der Waals surface area contributed by atoms with E-state index in [1.165, 1.54) is 5.56 Å². The third-order valence-corrected chi connectivity index (χ3v) is 3.66. The van der Waals surface area contributed by atoms with Crippen molar-refractivity contribution in [2.75, 3.05) is 13.1 Å². The SMILES string of the molecule is CCCN(CCC)C(=O)CCc1nnc(-c2ccc(C)cc2)o1. The molecule has 2 rings (SSSR count). The lowest BCUT2D eigenvalue weighted by molar-refractivity contribution is -0.131. The van der Waals surface area contributed by atoms with Crippen LogP contribution in [0.3, 0.4) is 0 Å². The number of aromatic nitrogens is 2. The molecule has 0 saturated carbocycles. The Labute approximate surface area is 137 Å². The minimum atomic E-state index is 0.156. The molecule has 5 nitrogen and oxygen atoms in total. The zero-order chi connectivity index (χ0) is 16.7. The van der Waals surface area contributed by atoms with Crippen LogP contribution >= 0.6 is 0 Å². The molecule has 1 heterocycles. The monoisotopic (exact) mass is 315 g/mol. The minimum absolute atomic E-state index is 0.156. The highest BCUT2D eigenvalue weighted by Gasteiger charge is 2.14. The van der Waals surface area contributed by atoms with Crippen molar-refractivity contribution in [3.05, 3.63) is 35.7 Å². The average Bonchev–Trinajstić information content (AvgIpc) is 3.02. The van der Waals surface area contributed by atoms with Crippen LogP contribution in [0, 0.1) is 6.92 Å². The molecule has 0 N–H and O–H groups in total. The number of carbonyl (C=O) groups excluding carboxylic acids is 1. The summed E-state index contributed by atoms with van der Waals surface area (Å²) in [6, 6.07) is 7.94. The average molecular weight is 315 g/mol. The van der Waals surface area contributed by atoms with Crippen molar-refractivity contribution in [1.29, 1.82) is 0 Å². The van der Waals surface area contributed by atoms with E-state index >= 15 is 0 Å². The van der Waals surface area contributed by atoms with Gasteiger partial charge in [-0.3, -0.25) is 4.79 Å². The fourth-order valence-electron chi connectivity index (χ4n) is 2.44. The lowest BCUT2D eigenvalue weighted by Gasteiger charge is -2.21. The fourth-order valence-corrected chi connectivity index (χ4v) is 2.44. The third kappa shape index (κ3) is 4.91. The molecule has 0 bridgehead atoms. The predicted molar refractivity (Wildman–Crippen MR) is 90.0 cm³/mol. The quantitative estimate of drug-likeness (QED) is 0.746. The van der Waals surface area contributed by atoms with Gasteiger partial charge in [-0.05, 0) is 31.9 Å². The maximum atomic E-state index is 12.2. The molecule has 124 valence electrons. The van der Waals surface area contributed by atoms with E-state index in [0.29, 0.717) is 24.6 Å². The van der Waals surface area contributed by atoms with Gasteiger partial charge in [-0.25, -0.2) is 0 Å². The van der Waals surface area contributed by atoms with Gasteiger partial charge in [-0.1, -0.05) is 31.5 Å². The summed E-state index contributed by atoms with van der Waals surface area (Å²) in [6.45, 7) is 7.83. The van der Waals surface area contributed by atoms with Crippen molar-refractivity contribution in [2.45, 2.75) is 46.5 Å². The van der Waals surface area contributed by atoms with Crippen molar-refractivity contribution in [2.24, 2.45) is 0 Å². The van der Waals surface area contributed by atoms with Gasteiger partial charge in [0.25, 0.3) is 0 Å². The maximum Gasteiger partial charge on any atom is 0.247 e. The molecular weight excluding hydrogens is 290 g/mol. The number of carbonyl (C=O) groups is 1. The van der Waals surface area contributed by atoms with E-state index in [9.17, 15) is 4.79 Å². The van der Waals surface area contributed by atoms with Crippen LogP contribution < -0.4 is 0 Å². The van der Waals surface area contributed by atoms with Crippen LogP contribution in [0.2, 0.25) is 0 Å². The second-order valence-corrected chi connectivity index (χ2v) is 5.75. The summed E-state index contributed by atoms with van der Waals surface area (Å²) in [5.41, 5.74) is 2.09. The maximum absolute atomic E-state index is 12.2. The molecular formula is C18H25N3O2. The first-order chi connectivity index (χ1) is 11.1. The largest absolute Gasteiger partial charge is 0.421 e. The summed E-state index contributed by atoms with van der Waals surface area (Å²) in [4.78, 5) is 14.2. The van der Waals surface area contributed by atoms with Crippen LogP contribution in [-0.2, 0) is 11.2 Å². The van der Waals surface area contributed by atoms with Crippen molar-refractivity contribution >= 4 is 5.91 Å². The first-order valence-electron chi connectivity index (χ1n) is 8.31. The van der Waals surface area contributed by atoms with Crippen molar-refractivity contribution in [1.82, 2.24) is 15.1 Å². The van der Waals surface area contributed by atoms with Crippen LogP contribution in [0.1, 0.15) is 44.6 Å². The molecule has 2 aromatic rings. The number of benzene rings is 1. The topological polar surface area (TPSA) is 59.2 Å². The Hall–Kier alpha value is -2.17. The molecule has 1 aromatic carbocycles. The summed E-state index contributed by atoms with van der Waals surface area (Å²) >= 11 is 0. The van der Waals surface area contributed by atoms with E-state index in [2.05, 4.69) is 24.0 Å². The van der Waals surface area contributed by atoms with E-state index in [1.807, 2.05) is 36.1 Å². The van der Waals surface area contributed by atoms with Crippen molar-refractivity contribution in [3.63, 3.8) is 0 Å². The standard InChI is InChI=1S/C18H25N3O2/c1-4-12-21(13-5-2)17(22)11-10-16-19-20-18(23-16)15-8-6-14(3)7-9-15/h6-9H,4-5,10-13H2,1-3H3. The zero-order valence-corrected chi connectivity index (χ0v) is 14.2. The predicted octanol–water partition coefficient (Wildman–Crippen LogP) is 3.63. The Morgan fingerprint density at radius 3 is 2.35 bits per heavy atom. The highest BCUT2D eigenvalue weighted by Crippen LogP contribution is 2.18. The van der Waals surface area contributed by atoms with Crippen LogP contribution in [0.4, 0.5) is 0 Å². The molecule has 0 aliphatic heterocycles. The van der Waals surface area contributed by atoms with Crippen LogP contribution in [-0.4, -0.2) is 34.1 Å². The fraction of sp³-hybridized carbons (Fsp3) is 0.500. The molecule has 5 heteroatoms. The lowest BCUT2D eigenvalue weighted by atomic mass is 10.1. The number of rotatable bonds is 8. The molecule has 23 heavy (non-hydrogen) atoms. The molecule has 0 aliphatic rings. The summed E-state index contributed by atoms with van der Waals surface area (Å²) in [7, 11) is 0. The van der Waals surface area contributed by atoms with Crippen LogP contribution in [0.5, 0.6) is 0 Å². The number of hydrogen-bond donors (Lipinski definition) is 0. The van der Waals surface area contributed by atoms with E-state index in [0.717, 1.165) is 31.5 Å². The van der Waals surface area contributed by atoms with Gasteiger partial charge in [0, 0.05) is 31.5 Å². The van der Waals surface area contributed by atoms with Gasteiger partial charge in [0.05, 0.1) is 0 Å². The Bertz CT molecular complexity index is 613. The molecule has 0 saturated heterocycles. The lowest BCUT2D eigenvalue weighted by Crippen LogP contribution is -2.32. The molecule has 0 unspecified atom stereocenters. The second-order valence-electron chi connectivity index (χ2n) is 5.75. The van der Waals surface area contributed by atoms with Gasteiger partial charge in [-0.2, -0.15) is 0 Å². The smallest absolute Gasteiger partial charge is 0.247 e. The third-order valence-electron chi connectivity index (χ3n) is 3.66. The minimum Gasteiger partial charge on any atom is -0.421 e. The number of amides is 1. The van der Waals surface area contributed by atoms with Crippen molar-refractivity contribution < 1.29 is 9.21 Å². The first kappa shape index (κ1) is 17.2. The Morgan fingerprint density at radius 2 is 1.74 bits per heavy atom. The Balaban J connectivity index is 1.93. The van der Waals surface area contributed by atoms with Gasteiger partial charge in [0.2, 0.25) is 17.7 Å².